The van der Waals surface area contributed by atoms with Crippen LogP contribution in [0.2, 0.25) is 10.0 Å². The number of hydrogen-bond donors (Lipinski definition) is 2. The number of halogens is 2. The van der Waals surface area contributed by atoms with Crippen molar-refractivity contribution < 1.29 is 0 Å². The molecule has 2 rings (SSSR count). The zero-order valence-corrected chi connectivity index (χ0v) is 14.1. The molecular weight excluding hydrogens is 315 g/mol. The Hall–Kier alpha value is -1.06. The Kier molecular flexibility index (Phi) is 7.75. The lowest BCUT2D eigenvalue weighted by Gasteiger charge is -2.07. The largest absolute Gasteiger partial charge is 0.313 e. The highest BCUT2D eigenvalue weighted by Crippen LogP contribution is 2.10. The first-order valence-corrected chi connectivity index (χ1v) is 8.40. The monoisotopic (exact) mass is 336 g/mol. The number of nitrogens with one attached hydrogen (secondary N) is 2. The van der Waals surface area contributed by atoms with Crippen molar-refractivity contribution in [2.24, 2.45) is 0 Å². The molecule has 0 fully saturated rings. The van der Waals surface area contributed by atoms with Gasteiger partial charge in [0.05, 0.1) is 0 Å². The summed E-state index contributed by atoms with van der Waals surface area (Å²) >= 11 is 11.7. The van der Waals surface area contributed by atoms with Crippen LogP contribution in [0.25, 0.3) is 0 Å². The molecule has 0 saturated carbocycles. The zero-order valence-electron chi connectivity index (χ0n) is 12.6. The fourth-order valence-corrected chi connectivity index (χ4v) is 2.42. The molecule has 0 bridgehead atoms. The molecule has 2 N–H and O–H groups in total. The van der Waals surface area contributed by atoms with Crippen LogP contribution >= 0.6 is 23.2 Å². The summed E-state index contributed by atoms with van der Waals surface area (Å²) < 4.78 is 0. The van der Waals surface area contributed by atoms with E-state index in [1.807, 2.05) is 24.3 Å². The molecule has 0 aliphatic carbocycles. The van der Waals surface area contributed by atoms with Crippen LogP contribution in [0.3, 0.4) is 0 Å². The summed E-state index contributed by atoms with van der Waals surface area (Å²) in [6.07, 6.45) is 2.34. The van der Waals surface area contributed by atoms with Gasteiger partial charge in [0.2, 0.25) is 0 Å². The Bertz CT molecular complexity index is 487. The van der Waals surface area contributed by atoms with Gasteiger partial charge in [-0.05, 0) is 61.3 Å². The SMILES string of the molecule is Clc1ccc(CNCCCCNCc2ccc(Cl)cc2)cc1. The molecule has 2 nitrogen and oxygen atoms in total. The molecule has 22 heavy (non-hydrogen) atoms. The van der Waals surface area contributed by atoms with E-state index in [2.05, 4.69) is 34.9 Å². The summed E-state index contributed by atoms with van der Waals surface area (Å²) in [5.74, 6) is 0. The highest BCUT2D eigenvalue weighted by molar-refractivity contribution is 6.30. The van der Waals surface area contributed by atoms with Crippen LogP contribution in [0.15, 0.2) is 48.5 Å². The number of rotatable bonds is 9. The fourth-order valence-electron chi connectivity index (χ4n) is 2.17. The number of benzene rings is 2. The summed E-state index contributed by atoms with van der Waals surface area (Å²) in [5.41, 5.74) is 2.54. The first-order valence-electron chi connectivity index (χ1n) is 7.64. The van der Waals surface area contributed by atoms with Crippen molar-refractivity contribution in [3.63, 3.8) is 0 Å². The topological polar surface area (TPSA) is 24.1 Å². The quantitative estimate of drug-likeness (QED) is 0.651. The maximum Gasteiger partial charge on any atom is 0.0406 e. The lowest BCUT2D eigenvalue weighted by Crippen LogP contribution is -2.18. The summed E-state index contributed by atoms with van der Waals surface area (Å²) in [6, 6.07) is 16.0. The smallest absolute Gasteiger partial charge is 0.0406 e. The molecule has 0 aromatic heterocycles. The Morgan fingerprint density at radius 2 is 0.955 bits per heavy atom. The van der Waals surface area contributed by atoms with E-state index in [4.69, 9.17) is 23.2 Å². The Morgan fingerprint density at radius 1 is 0.591 bits per heavy atom. The van der Waals surface area contributed by atoms with Crippen molar-refractivity contribution in [3.8, 4) is 0 Å². The zero-order chi connectivity index (χ0) is 15.6. The third-order valence-electron chi connectivity index (χ3n) is 3.44. The molecule has 4 heteroatoms. The average Bonchev–Trinajstić information content (AvgIpc) is 2.53. The summed E-state index contributed by atoms with van der Waals surface area (Å²) in [5, 5.41) is 8.48. The second kappa shape index (κ2) is 9.86. The Morgan fingerprint density at radius 3 is 1.32 bits per heavy atom. The summed E-state index contributed by atoms with van der Waals surface area (Å²) in [6.45, 7) is 3.86. The third kappa shape index (κ3) is 6.80. The van der Waals surface area contributed by atoms with E-state index in [1.54, 1.807) is 0 Å². The molecule has 2 aromatic rings. The van der Waals surface area contributed by atoms with Gasteiger partial charge in [-0.2, -0.15) is 0 Å². The molecule has 0 atom stereocenters. The van der Waals surface area contributed by atoms with Crippen LogP contribution in [0.5, 0.6) is 0 Å². The normalized spacial score (nSPS) is 10.8. The molecule has 0 heterocycles. The van der Waals surface area contributed by atoms with E-state index in [1.165, 1.54) is 24.0 Å². The highest BCUT2D eigenvalue weighted by Gasteiger charge is 1.95. The standard InChI is InChI=1S/C18H22Cl2N2/c19-17-7-3-15(4-8-17)13-21-11-1-2-12-22-14-16-5-9-18(20)10-6-16/h3-10,21-22H,1-2,11-14H2. The van der Waals surface area contributed by atoms with Crippen LogP contribution in [0.1, 0.15) is 24.0 Å². The second-order valence-electron chi connectivity index (χ2n) is 5.31. The first-order chi connectivity index (χ1) is 10.7. The molecule has 0 amide bonds. The van der Waals surface area contributed by atoms with Crippen molar-refractivity contribution >= 4 is 23.2 Å². The number of hydrogen-bond acceptors (Lipinski definition) is 2. The fraction of sp³-hybridized carbons (Fsp3) is 0.333. The predicted molar refractivity (Wildman–Crippen MR) is 95.6 cm³/mol. The molecule has 0 aliphatic rings. The van der Waals surface area contributed by atoms with Crippen LogP contribution in [0, 0.1) is 0 Å². The summed E-state index contributed by atoms with van der Waals surface area (Å²) in [7, 11) is 0. The maximum absolute atomic E-state index is 5.86. The predicted octanol–water partition coefficient (Wildman–Crippen LogP) is 4.65. The first kappa shape index (κ1) is 17.3. The molecule has 0 saturated heterocycles. The van der Waals surface area contributed by atoms with Crippen molar-refractivity contribution in [2.45, 2.75) is 25.9 Å². The van der Waals surface area contributed by atoms with Gasteiger partial charge in [0.15, 0.2) is 0 Å². The molecular formula is C18H22Cl2N2. The van der Waals surface area contributed by atoms with Crippen molar-refractivity contribution in [1.29, 1.82) is 0 Å². The van der Waals surface area contributed by atoms with Crippen molar-refractivity contribution in [3.05, 3.63) is 69.7 Å². The third-order valence-corrected chi connectivity index (χ3v) is 3.95. The lowest BCUT2D eigenvalue weighted by atomic mass is 10.2. The van der Waals surface area contributed by atoms with E-state index < -0.39 is 0 Å². The Labute approximate surface area is 142 Å². The molecule has 0 spiro atoms. The average molecular weight is 337 g/mol. The summed E-state index contributed by atoms with van der Waals surface area (Å²) in [4.78, 5) is 0. The van der Waals surface area contributed by atoms with E-state index in [-0.39, 0.29) is 0 Å². The van der Waals surface area contributed by atoms with E-state index in [0.29, 0.717) is 0 Å². The lowest BCUT2D eigenvalue weighted by molar-refractivity contribution is 0.582. The van der Waals surface area contributed by atoms with Gasteiger partial charge in [-0.3, -0.25) is 0 Å². The van der Waals surface area contributed by atoms with Gasteiger partial charge in [-0.25, -0.2) is 0 Å². The van der Waals surface area contributed by atoms with Crippen LogP contribution in [0.4, 0.5) is 0 Å². The second-order valence-corrected chi connectivity index (χ2v) is 6.19. The van der Waals surface area contributed by atoms with Gasteiger partial charge in [-0.1, -0.05) is 47.5 Å². The van der Waals surface area contributed by atoms with Crippen molar-refractivity contribution in [1.82, 2.24) is 10.6 Å². The van der Waals surface area contributed by atoms with E-state index in [0.717, 1.165) is 36.2 Å². The van der Waals surface area contributed by atoms with Gasteiger partial charge in [0.1, 0.15) is 0 Å². The highest BCUT2D eigenvalue weighted by atomic mass is 35.5. The maximum atomic E-state index is 5.86. The minimum absolute atomic E-state index is 0.788. The van der Waals surface area contributed by atoms with Gasteiger partial charge in [0, 0.05) is 23.1 Å². The molecule has 0 aliphatic heterocycles. The Balaban J connectivity index is 1.47. The minimum atomic E-state index is 0.788. The molecule has 0 unspecified atom stereocenters. The van der Waals surface area contributed by atoms with Crippen molar-refractivity contribution in [2.75, 3.05) is 13.1 Å². The minimum Gasteiger partial charge on any atom is -0.313 e. The van der Waals surface area contributed by atoms with Gasteiger partial charge in [-0.15, -0.1) is 0 Å². The molecule has 2 aromatic carbocycles. The van der Waals surface area contributed by atoms with Gasteiger partial charge < -0.3 is 10.6 Å². The molecule has 118 valence electrons. The van der Waals surface area contributed by atoms with Crippen LogP contribution < -0.4 is 10.6 Å². The van der Waals surface area contributed by atoms with E-state index in [9.17, 15) is 0 Å². The van der Waals surface area contributed by atoms with E-state index >= 15 is 0 Å². The van der Waals surface area contributed by atoms with Crippen LogP contribution in [-0.2, 0) is 13.1 Å². The number of unbranched alkanes of at least 4 members (excludes halogenated alkanes) is 1. The van der Waals surface area contributed by atoms with Gasteiger partial charge in [0.25, 0.3) is 0 Å². The molecule has 0 radical (unpaired) electrons. The van der Waals surface area contributed by atoms with Crippen LogP contribution in [-0.4, -0.2) is 13.1 Å². The van der Waals surface area contributed by atoms with Gasteiger partial charge >= 0.3 is 0 Å².